The summed E-state index contributed by atoms with van der Waals surface area (Å²) < 4.78 is 5.64. The lowest BCUT2D eigenvalue weighted by molar-refractivity contribution is -0.570. The first-order valence-electron chi connectivity index (χ1n) is 7.15. The summed E-state index contributed by atoms with van der Waals surface area (Å²) in [6.07, 6.45) is 2.38. The Balaban J connectivity index is 1.70. The standard InChI is InChI=1S/C17H13N3O3/c21-20(22)17(13-1-3-15-11(9-13)5-7-18-15)23-14-2-4-16-12(10-14)6-8-19-16/h1-10,17-19H. The van der Waals surface area contributed by atoms with Crippen LogP contribution in [0.1, 0.15) is 11.8 Å². The van der Waals surface area contributed by atoms with Gasteiger partial charge in [0, 0.05) is 34.2 Å². The topological polar surface area (TPSA) is 83.9 Å². The minimum atomic E-state index is -1.24. The van der Waals surface area contributed by atoms with Gasteiger partial charge in [0.25, 0.3) is 0 Å². The lowest BCUT2D eigenvalue weighted by atomic mass is 10.1. The number of nitrogens with zero attached hydrogens (tertiary/aromatic N) is 1. The van der Waals surface area contributed by atoms with Gasteiger partial charge >= 0.3 is 6.23 Å². The molecule has 0 amide bonds. The second-order valence-electron chi connectivity index (χ2n) is 5.31. The molecule has 6 heteroatoms. The summed E-state index contributed by atoms with van der Waals surface area (Å²) in [5, 5.41) is 13.3. The van der Waals surface area contributed by atoms with Crippen LogP contribution >= 0.6 is 0 Å². The van der Waals surface area contributed by atoms with Crippen molar-refractivity contribution in [1.82, 2.24) is 9.97 Å². The summed E-state index contributed by atoms with van der Waals surface area (Å²) in [4.78, 5) is 17.2. The molecule has 0 saturated carbocycles. The molecule has 0 radical (unpaired) electrons. The van der Waals surface area contributed by atoms with E-state index in [0.717, 1.165) is 21.8 Å². The summed E-state index contributed by atoms with van der Waals surface area (Å²) >= 11 is 0. The largest absolute Gasteiger partial charge is 0.426 e. The molecule has 6 nitrogen and oxygen atoms in total. The van der Waals surface area contributed by atoms with Crippen molar-refractivity contribution < 1.29 is 9.66 Å². The number of rotatable bonds is 4. The summed E-state index contributed by atoms with van der Waals surface area (Å²) in [6, 6.07) is 14.4. The summed E-state index contributed by atoms with van der Waals surface area (Å²) in [6.45, 7) is 0. The van der Waals surface area contributed by atoms with E-state index in [4.69, 9.17) is 4.74 Å². The zero-order valence-corrected chi connectivity index (χ0v) is 12.0. The minimum Gasteiger partial charge on any atom is -0.426 e. The Bertz CT molecular complexity index is 1000. The molecule has 114 valence electrons. The van der Waals surface area contributed by atoms with Gasteiger partial charge in [0.05, 0.1) is 10.5 Å². The number of aromatic nitrogens is 2. The first-order chi connectivity index (χ1) is 11.2. The van der Waals surface area contributed by atoms with Crippen molar-refractivity contribution in [3.8, 4) is 5.75 Å². The highest BCUT2D eigenvalue weighted by Crippen LogP contribution is 2.27. The van der Waals surface area contributed by atoms with Crippen LogP contribution in [0.5, 0.6) is 5.75 Å². The normalized spacial score (nSPS) is 12.5. The Hall–Kier alpha value is -3.28. The van der Waals surface area contributed by atoms with E-state index < -0.39 is 11.2 Å². The molecule has 4 aromatic rings. The lowest BCUT2D eigenvalue weighted by Gasteiger charge is -2.12. The Morgan fingerprint density at radius 1 is 0.913 bits per heavy atom. The second-order valence-corrected chi connectivity index (χ2v) is 5.31. The molecule has 2 aromatic carbocycles. The Labute approximate surface area is 130 Å². The van der Waals surface area contributed by atoms with Crippen LogP contribution in [0.4, 0.5) is 0 Å². The molecule has 2 N–H and O–H groups in total. The van der Waals surface area contributed by atoms with Crippen LogP contribution in [0.3, 0.4) is 0 Å². The van der Waals surface area contributed by atoms with Gasteiger partial charge in [0.2, 0.25) is 0 Å². The number of fused-ring (bicyclic) bond motifs is 2. The van der Waals surface area contributed by atoms with Gasteiger partial charge in [-0.05, 0) is 48.5 Å². The fraction of sp³-hybridized carbons (Fsp3) is 0.0588. The molecule has 0 aliphatic rings. The number of aromatic amines is 2. The first kappa shape index (κ1) is 13.4. The monoisotopic (exact) mass is 307 g/mol. The fourth-order valence-corrected chi connectivity index (χ4v) is 2.69. The summed E-state index contributed by atoms with van der Waals surface area (Å²) in [7, 11) is 0. The van der Waals surface area contributed by atoms with Crippen molar-refractivity contribution in [2.24, 2.45) is 0 Å². The van der Waals surface area contributed by atoms with Gasteiger partial charge in [-0.1, -0.05) is 0 Å². The smallest absolute Gasteiger partial charge is 0.380 e. The number of hydrogen-bond acceptors (Lipinski definition) is 3. The van der Waals surface area contributed by atoms with Crippen LogP contribution < -0.4 is 4.74 Å². The lowest BCUT2D eigenvalue weighted by Crippen LogP contribution is -2.17. The Morgan fingerprint density at radius 2 is 1.57 bits per heavy atom. The molecular formula is C17H13N3O3. The molecule has 0 saturated heterocycles. The van der Waals surface area contributed by atoms with Crippen molar-refractivity contribution in [2.45, 2.75) is 6.23 Å². The van der Waals surface area contributed by atoms with Crippen molar-refractivity contribution in [3.63, 3.8) is 0 Å². The number of benzene rings is 2. The second kappa shape index (κ2) is 5.17. The van der Waals surface area contributed by atoms with Crippen LogP contribution in [0.15, 0.2) is 60.9 Å². The number of nitro groups is 1. The van der Waals surface area contributed by atoms with Gasteiger partial charge in [-0.2, -0.15) is 0 Å². The quantitative estimate of drug-likeness (QED) is 0.339. The highest BCUT2D eigenvalue weighted by molar-refractivity contribution is 5.81. The Morgan fingerprint density at radius 3 is 2.26 bits per heavy atom. The SMILES string of the molecule is O=[N+]([O-])C(Oc1ccc2[nH]ccc2c1)c1ccc2[nH]ccc2c1. The summed E-state index contributed by atoms with van der Waals surface area (Å²) in [5.41, 5.74) is 2.41. The molecule has 0 aliphatic carbocycles. The van der Waals surface area contributed by atoms with Crippen molar-refractivity contribution >= 4 is 21.8 Å². The van der Waals surface area contributed by atoms with E-state index in [0.29, 0.717) is 11.3 Å². The zero-order valence-electron chi connectivity index (χ0n) is 12.0. The average Bonchev–Trinajstić information content (AvgIpc) is 3.19. The molecule has 0 spiro atoms. The predicted octanol–water partition coefficient (Wildman–Crippen LogP) is 4.00. The van der Waals surface area contributed by atoms with Crippen LogP contribution in [0, 0.1) is 10.1 Å². The van der Waals surface area contributed by atoms with E-state index in [1.54, 1.807) is 30.5 Å². The van der Waals surface area contributed by atoms with Gasteiger partial charge in [-0.15, -0.1) is 0 Å². The van der Waals surface area contributed by atoms with Crippen molar-refractivity contribution in [1.29, 1.82) is 0 Å². The van der Waals surface area contributed by atoms with Crippen LogP contribution in [-0.4, -0.2) is 14.9 Å². The van der Waals surface area contributed by atoms with Gasteiger partial charge in [0.15, 0.2) is 0 Å². The molecule has 0 aliphatic heterocycles. The van der Waals surface area contributed by atoms with E-state index >= 15 is 0 Å². The van der Waals surface area contributed by atoms with E-state index in [1.807, 2.05) is 30.5 Å². The van der Waals surface area contributed by atoms with Gasteiger partial charge < -0.3 is 14.7 Å². The molecule has 2 heterocycles. The van der Waals surface area contributed by atoms with Crippen LogP contribution in [0.25, 0.3) is 21.8 Å². The number of hydrogen-bond donors (Lipinski definition) is 2. The van der Waals surface area contributed by atoms with E-state index in [1.165, 1.54) is 0 Å². The third-order valence-corrected chi connectivity index (χ3v) is 3.83. The molecule has 4 rings (SSSR count). The van der Waals surface area contributed by atoms with Gasteiger partial charge in [-0.25, -0.2) is 0 Å². The van der Waals surface area contributed by atoms with Gasteiger partial charge in [0.1, 0.15) is 5.75 Å². The molecule has 2 aromatic heterocycles. The molecule has 0 fully saturated rings. The zero-order chi connectivity index (χ0) is 15.8. The highest BCUT2D eigenvalue weighted by atomic mass is 16.7. The number of nitrogens with one attached hydrogen (secondary N) is 2. The number of H-pyrrole nitrogens is 2. The first-order valence-corrected chi connectivity index (χ1v) is 7.15. The molecular weight excluding hydrogens is 294 g/mol. The number of ether oxygens (including phenoxy) is 1. The maximum atomic E-state index is 11.5. The third-order valence-electron chi connectivity index (χ3n) is 3.83. The van der Waals surface area contributed by atoms with Crippen LogP contribution in [0.2, 0.25) is 0 Å². The third kappa shape index (κ3) is 2.40. The summed E-state index contributed by atoms with van der Waals surface area (Å²) in [5.74, 6) is 0.466. The highest BCUT2D eigenvalue weighted by Gasteiger charge is 2.25. The maximum absolute atomic E-state index is 11.5. The molecule has 1 atom stereocenters. The average molecular weight is 307 g/mol. The predicted molar refractivity (Wildman–Crippen MR) is 87.0 cm³/mol. The van der Waals surface area contributed by atoms with E-state index in [2.05, 4.69) is 9.97 Å². The fourth-order valence-electron chi connectivity index (χ4n) is 2.69. The van der Waals surface area contributed by atoms with E-state index in [9.17, 15) is 10.1 Å². The van der Waals surface area contributed by atoms with Crippen LogP contribution in [-0.2, 0) is 0 Å². The molecule has 0 bridgehead atoms. The maximum Gasteiger partial charge on any atom is 0.380 e. The molecule has 23 heavy (non-hydrogen) atoms. The van der Waals surface area contributed by atoms with Gasteiger partial charge in [-0.3, -0.25) is 10.1 Å². The Kier molecular flexibility index (Phi) is 3.01. The van der Waals surface area contributed by atoms with Crippen molar-refractivity contribution in [3.05, 3.63) is 76.6 Å². The molecule has 1 unspecified atom stereocenters. The van der Waals surface area contributed by atoms with E-state index in [-0.39, 0.29) is 0 Å². The van der Waals surface area contributed by atoms with Crippen molar-refractivity contribution in [2.75, 3.05) is 0 Å². The minimum absolute atomic E-state index is 0.421.